The van der Waals surface area contributed by atoms with Gasteiger partial charge in [-0.05, 0) is 62.9 Å². The van der Waals surface area contributed by atoms with E-state index in [2.05, 4.69) is 65.1 Å². The van der Waals surface area contributed by atoms with Crippen molar-refractivity contribution in [1.82, 2.24) is 5.32 Å². The Kier molecular flexibility index (Phi) is 5.91. The van der Waals surface area contributed by atoms with Gasteiger partial charge in [-0.15, -0.1) is 0 Å². The zero-order chi connectivity index (χ0) is 14.5. The van der Waals surface area contributed by atoms with Crippen molar-refractivity contribution in [3.8, 4) is 0 Å². The molecule has 2 nitrogen and oxygen atoms in total. The van der Waals surface area contributed by atoms with Gasteiger partial charge in [0.2, 0.25) is 0 Å². The number of nitrogens with zero attached hydrogens (tertiary/aromatic N) is 1. The van der Waals surface area contributed by atoms with Gasteiger partial charge in [0.15, 0.2) is 0 Å². The average molecular weight is 339 g/mol. The van der Waals surface area contributed by atoms with Gasteiger partial charge < -0.3 is 10.2 Å². The Balaban J connectivity index is 2.25. The van der Waals surface area contributed by atoms with Crippen LogP contribution in [0.2, 0.25) is 0 Å². The number of anilines is 1. The SMILES string of the molecule is CCCNC(C)c1cc(Br)ccc1N(CCC)C1CC1. The van der Waals surface area contributed by atoms with Crippen molar-refractivity contribution in [3.05, 3.63) is 28.2 Å². The third-order valence-corrected chi connectivity index (χ3v) is 4.41. The fourth-order valence-electron chi connectivity index (χ4n) is 2.73. The van der Waals surface area contributed by atoms with E-state index in [1.807, 2.05) is 0 Å². The van der Waals surface area contributed by atoms with Gasteiger partial charge in [0.1, 0.15) is 0 Å². The predicted molar refractivity (Wildman–Crippen MR) is 91.5 cm³/mol. The molecule has 1 N–H and O–H groups in total. The summed E-state index contributed by atoms with van der Waals surface area (Å²) in [6.45, 7) is 9.00. The van der Waals surface area contributed by atoms with Crippen molar-refractivity contribution in [1.29, 1.82) is 0 Å². The molecule has 0 aliphatic heterocycles. The Bertz CT molecular complexity index is 429. The van der Waals surface area contributed by atoms with Crippen LogP contribution in [0.25, 0.3) is 0 Å². The Morgan fingerprint density at radius 3 is 2.65 bits per heavy atom. The van der Waals surface area contributed by atoms with E-state index >= 15 is 0 Å². The summed E-state index contributed by atoms with van der Waals surface area (Å²) in [5.74, 6) is 0. The highest BCUT2D eigenvalue weighted by Gasteiger charge is 2.30. The van der Waals surface area contributed by atoms with Crippen molar-refractivity contribution >= 4 is 21.6 Å². The van der Waals surface area contributed by atoms with Crippen LogP contribution in [0.1, 0.15) is 58.1 Å². The number of nitrogens with one attached hydrogen (secondary N) is 1. The number of halogens is 1. The second-order valence-electron chi connectivity index (χ2n) is 5.80. The second kappa shape index (κ2) is 7.46. The quantitative estimate of drug-likeness (QED) is 0.725. The van der Waals surface area contributed by atoms with E-state index in [1.54, 1.807) is 0 Å². The van der Waals surface area contributed by atoms with Crippen LogP contribution >= 0.6 is 15.9 Å². The molecule has 0 bridgehead atoms. The molecule has 0 radical (unpaired) electrons. The van der Waals surface area contributed by atoms with Crippen LogP contribution in [0.3, 0.4) is 0 Å². The minimum absolute atomic E-state index is 0.403. The summed E-state index contributed by atoms with van der Waals surface area (Å²) in [6, 6.07) is 7.93. The van der Waals surface area contributed by atoms with Crippen molar-refractivity contribution < 1.29 is 0 Å². The molecule has 2 rings (SSSR count). The highest BCUT2D eigenvalue weighted by molar-refractivity contribution is 9.10. The van der Waals surface area contributed by atoms with Crippen LogP contribution in [-0.4, -0.2) is 19.1 Å². The van der Waals surface area contributed by atoms with E-state index in [4.69, 9.17) is 0 Å². The van der Waals surface area contributed by atoms with Gasteiger partial charge in [0, 0.05) is 28.8 Å². The van der Waals surface area contributed by atoms with E-state index < -0.39 is 0 Å². The highest BCUT2D eigenvalue weighted by atomic mass is 79.9. The minimum atomic E-state index is 0.403. The Morgan fingerprint density at radius 2 is 2.05 bits per heavy atom. The molecule has 1 aromatic rings. The summed E-state index contributed by atoms with van der Waals surface area (Å²) in [5.41, 5.74) is 2.85. The Morgan fingerprint density at radius 1 is 1.30 bits per heavy atom. The van der Waals surface area contributed by atoms with Gasteiger partial charge in [-0.25, -0.2) is 0 Å². The monoisotopic (exact) mass is 338 g/mol. The Hall–Kier alpha value is -0.540. The van der Waals surface area contributed by atoms with E-state index in [1.165, 1.54) is 48.0 Å². The van der Waals surface area contributed by atoms with Crippen molar-refractivity contribution in [2.24, 2.45) is 0 Å². The summed E-state index contributed by atoms with van der Waals surface area (Å²) in [7, 11) is 0. The predicted octanol–water partition coefficient (Wildman–Crippen LogP) is 4.89. The van der Waals surface area contributed by atoms with Crippen molar-refractivity contribution in [2.75, 3.05) is 18.0 Å². The highest BCUT2D eigenvalue weighted by Crippen LogP contribution is 2.37. The maximum Gasteiger partial charge on any atom is 0.0417 e. The summed E-state index contributed by atoms with van der Waals surface area (Å²) >= 11 is 3.63. The molecule has 0 spiro atoms. The maximum absolute atomic E-state index is 3.63. The van der Waals surface area contributed by atoms with Gasteiger partial charge in [-0.2, -0.15) is 0 Å². The van der Waals surface area contributed by atoms with E-state index in [-0.39, 0.29) is 0 Å². The lowest BCUT2D eigenvalue weighted by Gasteiger charge is -2.29. The fourth-order valence-corrected chi connectivity index (χ4v) is 3.11. The lowest BCUT2D eigenvalue weighted by Crippen LogP contribution is -2.29. The smallest absolute Gasteiger partial charge is 0.0417 e. The standard InChI is InChI=1S/C17H27BrN2/c1-4-10-19-13(3)16-12-14(18)6-9-17(16)20(11-5-2)15-7-8-15/h6,9,12-13,15,19H,4-5,7-8,10-11H2,1-3H3. The topological polar surface area (TPSA) is 15.3 Å². The first-order valence-corrected chi connectivity index (χ1v) is 8.76. The molecule has 1 fully saturated rings. The summed E-state index contributed by atoms with van der Waals surface area (Å²) in [5, 5.41) is 3.63. The summed E-state index contributed by atoms with van der Waals surface area (Å²) < 4.78 is 1.17. The largest absolute Gasteiger partial charge is 0.368 e. The summed E-state index contributed by atoms with van der Waals surface area (Å²) in [4.78, 5) is 2.62. The molecular weight excluding hydrogens is 312 g/mol. The second-order valence-corrected chi connectivity index (χ2v) is 6.72. The third kappa shape index (κ3) is 3.98. The molecule has 0 aromatic heterocycles. The molecule has 1 aliphatic carbocycles. The molecule has 1 unspecified atom stereocenters. The van der Waals surface area contributed by atoms with Crippen molar-refractivity contribution in [2.45, 2.75) is 58.5 Å². The summed E-state index contributed by atoms with van der Waals surface area (Å²) in [6.07, 6.45) is 5.09. The minimum Gasteiger partial charge on any atom is -0.368 e. The fraction of sp³-hybridized carbons (Fsp3) is 0.647. The third-order valence-electron chi connectivity index (χ3n) is 3.92. The van der Waals surface area contributed by atoms with Gasteiger partial charge in [-0.1, -0.05) is 29.8 Å². The first-order valence-electron chi connectivity index (χ1n) is 7.96. The van der Waals surface area contributed by atoms with E-state index in [0.717, 1.165) is 12.6 Å². The number of benzene rings is 1. The molecule has 112 valence electrons. The number of rotatable bonds is 8. The van der Waals surface area contributed by atoms with Crippen LogP contribution in [0.4, 0.5) is 5.69 Å². The van der Waals surface area contributed by atoms with Gasteiger partial charge >= 0.3 is 0 Å². The molecular formula is C17H27BrN2. The lowest BCUT2D eigenvalue weighted by atomic mass is 10.0. The molecule has 3 heteroatoms. The maximum atomic E-state index is 3.63. The lowest BCUT2D eigenvalue weighted by molar-refractivity contribution is 0.568. The molecule has 1 atom stereocenters. The number of hydrogen-bond donors (Lipinski definition) is 1. The van der Waals surface area contributed by atoms with Gasteiger partial charge in [0.05, 0.1) is 0 Å². The molecule has 20 heavy (non-hydrogen) atoms. The average Bonchev–Trinajstić information content (AvgIpc) is 3.27. The Labute approximate surface area is 132 Å². The normalized spacial score (nSPS) is 16.2. The van der Waals surface area contributed by atoms with Crippen LogP contribution in [0.5, 0.6) is 0 Å². The van der Waals surface area contributed by atoms with Crippen LogP contribution in [0, 0.1) is 0 Å². The van der Waals surface area contributed by atoms with Crippen molar-refractivity contribution in [3.63, 3.8) is 0 Å². The first-order chi connectivity index (χ1) is 9.67. The van der Waals surface area contributed by atoms with E-state index in [9.17, 15) is 0 Å². The molecule has 1 aliphatic rings. The van der Waals surface area contributed by atoms with Crippen LogP contribution in [-0.2, 0) is 0 Å². The molecule has 0 heterocycles. The first kappa shape index (κ1) is 15.8. The molecule has 0 amide bonds. The molecule has 0 saturated heterocycles. The zero-order valence-electron chi connectivity index (χ0n) is 13.0. The molecule has 1 aromatic carbocycles. The van der Waals surface area contributed by atoms with Crippen LogP contribution in [0.15, 0.2) is 22.7 Å². The number of hydrogen-bond acceptors (Lipinski definition) is 2. The zero-order valence-corrected chi connectivity index (χ0v) is 14.5. The van der Waals surface area contributed by atoms with Gasteiger partial charge in [-0.3, -0.25) is 0 Å². The van der Waals surface area contributed by atoms with E-state index in [0.29, 0.717) is 6.04 Å². The van der Waals surface area contributed by atoms with Crippen LogP contribution < -0.4 is 10.2 Å². The molecule has 1 saturated carbocycles. The van der Waals surface area contributed by atoms with Gasteiger partial charge in [0.25, 0.3) is 0 Å².